The quantitative estimate of drug-likeness (QED) is 0.807. The van der Waals surface area contributed by atoms with E-state index >= 15 is 0 Å². The molecule has 0 aliphatic carbocycles. The van der Waals surface area contributed by atoms with E-state index in [0.717, 1.165) is 44.0 Å². The molecule has 4 rings (SSSR count). The molecule has 0 bridgehead atoms. The molecule has 2 aliphatic rings. The van der Waals surface area contributed by atoms with Crippen LogP contribution in [0, 0.1) is 5.92 Å². The number of ether oxygens (including phenoxy) is 2. The van der Waals surface area contributed by atoms with Crippen LogP contribution in [0.25, 0.3) is 0 Å². The number of hydrogen-bond donors (Lipinski definition) is 1. The molecule has 2 aliphatic heterocycles. The number of rotatable bonds is 7. The van der Waals surface area contributed by atoms with Crippen LogP contribution in [0.15, 0.2) is 48.5 Å². The Bertz CT molecular complexity index is 728. The van der Waals surface area contributed by atoms with Gasteiger partial charge in [-0.1, -0.05) is 36.4 Å². The summed E-state index contributed by atoms with van der Waals surface area (Å²) in [7, 11) is 2.28. The van der Waals surface area contributed by atoms with Crippen molar-refractivity contribution in [2.75, 3.05) is 26.9 Å². The lowest BCUT2D eigenvalue weighted by molar-refractivity contribution is 0.137. The normalized spacial score (nSPS) is 20.0. The summed E-state index contributed by atoms with van der Waals surface area (Å²) in [6.07, 6.45) is 4.83. The Morgan fingerprint density at radius 3 is 2.74 bits per heavy atom. The maximum absolute atomic E-state index is 5.55. The summed E-state index contributed by atoms with van der Waals surface area (Å²) in [5.41, 5.74) is 2.72. The third-order valence-corrected chi connectivity index (χ3v) is 5.89. The van der Waals surface area contributed by atoms with Gasteiger partial charge < -0.3 is 14.8 Å². The molecular weight excluding hydrogens is 336 g/mol. The molecular formula is C23H30N2O2. The number of benzene rings is 2. The lowest BCUT2D eigenvalue weighted by atomic mass is 9.87. The highest BCUT2D eigenvalue weighted by Crippen LogP contribution is 2.33. The van der Waals surface area contributed by atoms with Gasteiger partial charge in [-0.3, -0.25) is 4.90 Å². The zero-order chi connectivity index (χ0) is 18.5. The van der Waals surface area contributed by atoms with Crippen molar-refractivity contribution in [1.82, 2.24) is 10.2 Å². The molecule has 4 heteroatoms. The topological polar surface area (TPSA) is 33.7 Å². The Labute approximate surface area is 162 Å². The van der Waals surface area contributed by atoms with Gasteiger partial charge in [0.1, 0.15) is 0 Å². The van der Waals surface area contributed by atoms with Crippen molar-refractivity contribution >= 4 is 0 Å². The van der Waals surface area contributed by atoms with Crippen molar-refractivity contribution in [3.05, 3.63) is 59.7 Å². The van der Waals surface area contributed by atoms with Gasteiger partial charge in [-0.15, -0.1) is 0 Å². The van der Waals surface area contributed by atoms with Crippen molar-refractivity contribution < 1.29 is 9.47 Å². The molecule has 1 fully saturated rings. The van der Waals surface area contributed by atoms with Crippen LogP contribution in [0.5, 0.6) is 11.5 Å². The summed E-state index contributed by atoms with van der Waals surface area (Å²) < 4.78 is 11.0. The average Bonchev–Trinajstić information content (AvgIpc) is 3.18. The van der Waals surface area contributed by atoms with Gasteiger partial charge in [0.2, 0.25) is 6.79 Å². The van der Waals surface area contributed by atoms with E-state index in [0.29, 0.717) is 18.8 Å². The highest BCUT2D eigenvalue weighted by atomic mass is 16.7. The fourth-order valence-corrected chi connectivity index (χ4v) is 4.42. The second kappa shape index (κ2) is 8.77. The molecule has 0 spiro atoms. The molecule has 1 saturated heterocycles. The molecule has 0 amide bonds. The van der Waals surface area contributed by atoms with E-state index in [1.54, 1.807) is 0 Å². The first kappa shape index (κ1) is 18.3. The Balaban J connectivity index is 1.44. The van der Waals surface area contributed by atoms with E-state index in [2.05, 4.69) is 59.7 Å². The number of nitrogens with zero attached hydrogens (tertiary/aromatic N) is 1. The first-order chi connectivity index (χ1) is 13.3. The average molecular weight is 367 g/mol. The van der Waals surface area contributed by atoms with E-state index in [9.17, 15) is 0 Å². The minimum absolute atomic E-state index is 0.342. The van der Waals surface area contributed by atoms with Crippen LogP contribution < -0.4 is 14.8 Å². The van der Waals surface area contributed by atoms with Crippen LogP contribution >= 0.6 is 0 Å². The van der Waals surface area contributed by atoms with E-state index < -0.39 is 0 Å². The standard InChI is InChI=1S/C23H30N2O2/c1-25(16-19-6-3-2-4-7-19)21(20-8-5-13-24-15-20)11-9-18-10-12-22-23(14-18)27-17-26-22/h2-4,6-7,10,12,14,20-21,24H,5,8-9,11,13,15-17H2,1H3. The van der Waals surface area contributed by atoms with Gasteiger partial charge in [0.25, 0.3) is 0 Å². The molecule has 2 unspecified atom stereocenters. The minimum atomic E-state index is 0.342. The van der Waals surface area contributed by atoms with Gasteiger partial charge >= 0.3 is 0 Å². The third kappa shape index (κ3) is 4.63. The zero-order valence-corrected chi connectivity index (χ0v) is 16.2. The lowest BCUT2D eigenvalue weighted by Gasteiger charge is -2.37. The third-order valence-electron chi connectivity index (χ3n) is 5.89. The van der Waals surface area contributed by atoms with Crippen LogP contribution in [0.3, 0.4) is 0 Å². The Morgan fingerprint density at radius 1 is 1.07 bits per heavy atom. The van der Waals surface area contributed by atoms with Crippen LogP contribution in [-0.4, -0.2) is 37.9 Å². The lowest BCUT2D eigenvalue weighted by Crippen LogP contribution is -2.44. The summed E-state index contributed by atoms with van der Waals surface area (Å²) in [6.45, 7) is 3.64. The zero-order valence-electron chi connectivity index (χ0n) is 16.2. The van der Waals surface area contributed by atoms with Crippen LogP contribution in [0.1, 0.15) is 30.4 Å². The summed E-state index contributed by atoms with van der Waals surface area (Å²) in [6, 6.07) is 17.8. The fourth-order valence-electron chi connectivity index (χ4n) is 4.42. The molecule has 2 aromatic carbocycles. The molecule has 27 heavy (non-hydrogen) atoms. The summed E-state index contributed by atoms with van der Waals surface area (Å²) in [4.78, 5) is 2.56. The van der Waals surface area contributed by atoms with Crippen LogP contribution in [-0.2, 0) is 13.0 Å². The first-order valence-corrected chi connectivity index (χ1v) is 10.1. The Hall–Kier alpha value is -2.04. The minimum Gasteiger partial charge on any atom is -0.454 e. The van der Waals surface area contributed by atoms with Gasteiger partial charge in [0, 0.05) is 12.6 Å². The Morgan fingerprint density at radius 2 is 1.93 bits per heavy atom. The smallest absolute Gasteiger partial charge is 0.231 e. The SMILES string of the molecule is CN(Cc1ccccc1)C(CCc1ccc2c(c1)OCO2)C1CCCNC1. The van der Waals surface area contributed by atoms with E-state index in [1.165, 1.54) is 24.0 Å². The summed E-state index contributed by atoms with van der Waals surface area (Å²) >= 11 is 0. The molecule has 0 saturated carbocycles. The number of fused-ring (bicyclic) bond motifs is 1. The van der Waals surface area contributed by atoms with E-state index in [4.69, 9.17) is 9.47 Å². The molecule has 144 valence electrons. The number of nitrogens with one attached hydrogen (secondary N) is 1. The fraction of sp³-hybridized carbons (Fsp3) is 0.478. The van der Waals surface area contributed by atoms with Crippen molar-refractivity contribution in [2.24, 2.45) is 5.92 Å². The summed E-state index contributed by atoms with van der Waals surface area (Å²) in [5.74, 6) is 2.47. The van der Waals surface area contributed by atoms with E-state index in [1.807, 2.05) is 6.07 Å². The van der Waals surface area contributed by atoms with Gasteiger partial charge in [-0.05, 0) is 75.0 Å². The van der Waals surface area contributed by atoms with Crippen LogP contribution in [0.2, 0.25) is 0 Å². The molecule has 2 atom stereocenters. The highest BCUT2D eigenvalue weighted by molar-refractivity contribution is 5.44. The molecule has 2 heterocycles. The number of aryl methyl sites for hydroxylation is 1. The molecule has 4 nitrogen and oxygen atoms in total. The van der Waals surface area contributed by atoms with Gasteiger partial charge in [0.15, 0.2) is 11.5 Å². The van der Waals surface area contributed by atoms with Crippen molar-refractivity contribution in [3.63, 3.8) is 0 Å². The number of piperidine rings is 1. The number of hydrogen-bond acceptors (Lipinski definition) is 4. The molecule has 2 aromatic rings. The predicted octanol–water partition coefficient (Wildman–Crippen LogP) is 3.85. The molecule has 0 aromatic heterocycles. The van der Waals surface area contributed by atoms with Crippen molar-refractivity contribution in [1.29, 1.82) is 0 Å². The van der Waals surface area contributed by atoms with Gasteiger partial charge in [-0.2, -0.15) is 0 Å². The van der Waals surface area contributed by atoms with Crippen molar-refractivity contribution in [2.45, 2.75) is 38.3 Å². The maximum Gasteiger partial charge on any atom is 0.231 e. The second-order valence-electron chi connectivity index (χ2n) is 7.80. The van der Waals surface area contributed by atoms with E-state index in [-0.39, 0.29) is 0 Å². The van der Waals surface area contributed by atoms with Gasteiger partial charge in [-0.25, -0.2) is 0 Å². The maximum atomic E-state index is 5.55. The van der Waals surface area contributed by atoms with Crippen molar-refractivity contribution in [3.8, 4) is 11.5 Å². The molecule has 1 N–H and O–H groups in total. The Kier molecular flexibility index (Phi) is 5.95. The highest BCUT2D eigenvalue weighted by Gasteiger charge is 2.27. The summed E-state index contributed by atoms with van der Waals surface area (Å²) in [5, 5.41) is 3.60. The first-order valence-electron chi connectivity index (χ1n) is 10.1. The molecule has 0 radical (unpaired) electrons. The second-order valence-corrected chi connectivity index (χ2v) is 7.80. The van der Waals surface area contributed by atoms with Gasteiger partial charge in [0.05, 0.1) is 0 Å². The van der Waals surface area contributed by atoms with Crippen LogP contribution in [0.4, 0.5) is 0 Å². The predicted molar refractivity (Wildman–Crippen MR) is 108 cm³/mol. The monoisotopic (exact) mass is 366 g/mol. The largest absolute Gasteiger partial charge is 0.454 e.